The van der Waals surface area contributed by atoms with E-state index in [-0.39, 0.29) is 11.3 Å². The van der Waals surface area contributed by atoms with E-state index in [9.17, 15) is 4.79 Å². The van der Waals surface area contributed by atoms with Gasteiger partial charge in [-0.05, 0) is 34.1 Å². The van der Waals surface area contributed by atoms with E-state index >= 15 is 0 Å². The molecule has 1 unspecified atom stereocenters. The van der Waals surface area contributed by atoms with E-state index in [1.807, 2.05) is 18.2 Å². The van der Waals surface area contributed by atoms with Gasteiger partial charge in [-0.25, -0.2) is 4.98 Å². The minimum atomic E-state index is -0.211. The van der Waals surface area contributed by atoms with E-state index in [2.05, 4.69) is 20.9 Å². The van der Waals surface area contributed by atoms with E-state index in [0.29, 0.717) is 21.6 Å². The highest BCUT2D eigenvalue weighted by Gasteiger charge is 2.36. The normalized spacial score (nSPS) is 18.3. The molecule has 1 aromatic carbocycles. The Balaban J connectivity index is 2.03. The lowest BCUT2D eigenvalue weighted by molar-refractivity contribution is -0.115. The number of anilines is 1. The number of pyridine rings is 1. The maximum atomic E-state index is 12.2. The first-order chi connectivity index (χ1) is 10.1. The van der Waals surface area contributed by atoms with Crippen molar-refractivity contribution < 1.29 is 4.79 Å². The Labute approximate surface area is 144 Å². The Bertz CT molecular complexity index is 696. The molecule has 0 N–H and O–H groups in total. The standard InChI is InChI=1S/C14H9BrCl2N2OS/c15-8-4-5-11(18-6-8)19-12(20)7-21-14(19)9-2-1-3-10(16)13(9)17/h1-6,14H,7H2. The summed E-state index contributed by atoms with van der Waals surface area (Å²) in [5.41, 5.74) is 0.824. The van der Waals surface area contributed by atoms with Crippen molar-refractivity contribution in [2.24, 2.45) is 0 Å². The van der Waals surface area contributed by atoms with Crippen LogP contribution in [0, 0.1) is 0 Å². The second-order valence-corrected chi connectivity index (χ2v) is 7.17. The number of hydrogen-bond donors (Lipinski definition) is 0. The van der Waals surface area contributed by atoms with Crippen LogP contribution in [0.15, 0.2) is 41.0 Å². The lowest BCUT2D eigenvalue weighted by Gasteiger charge is -2.24. The van der Waals surface area contributed by atoms with Crippen LogP contribution in [0.2, 0.25) is 10.0 Å². The molecule has 0 aliphatic carbocycles. The first-order valence-corrected chi connectivity index (χ1v) is 8.67. The minimum absolute atomic E-state index is 0.0101. The molecule has 1 saturated heterocycles. The molecular formula is C14H9BrCl2N2OS. The highest BCUT2D eigenvalue weighted by molar-refractivity contribution is 9.10. The van der Waals surface area contributed by atoms with Gasteiger partial charge in [0.15, 0.2) is 0 Å². The Morgan fingerprint density at radius 3 is 2.81 bits per heavy atom. The molecule has 0 saturated carbocycles. The van der Waals surface area contributed by atoms with Gasteiger partial charge in [-0.2, -0.15) is 0 Å². The van der Waals surface area contributed by atoms with Gasteiger partial charge in [0, 0.05) is 16.2 Å². The molecule has 1 aliphatic heterocycles. The fourth-order valence-corrected chi connectivity index (χ4v) is 4.02. The van der Waals surface area contributed by atoms with E-state index in [1.54, 1.807) is 23.2 Å². The number of halogens is 3. The highest BCUT2D eigenvalue weighted by Crippen LogP contribution is 2.44. The van der Waals surface area contributed by atoms with Crippen LogP contribution in [-0.4, -0.2) is 16.6 Å². The molecule has 2 heterocycles. The van der Waals surface area contributed by atoms with Gasteiger partial charge in [0.2, 0.25) is 5.91 Å². The van der Waals surface area contributed by atoms with Crippen LogP contribution in [-0.2, 0) is 4.79 Å². The number of thioether (sulfide) groups is 1. The Kier molecular flexibility index (Phi) is 4.45. The van der Waals surface area contributed by atoms with Gasteiger partial charge in [-0.15, -0.1) is 11.8 Å². The van der Waals surface area contributed by atoms with E-state index < -0.39 is 0 Å². The van der Waals surface area contributed by atoms with Crippen molar-refractivity contribution in [3.63, 3.8) is 0 Å². The first kappa shape index (κ1) is 15.2. The van der Waals surface area contributed by atoms with E-state index in [0.717, 1.165) is 10.0 Å². The maximum Gasteiger partial charge on any atom is 0.239 e. The summed E-state index contributed by atoms with van der Waals surface area (Å²) in [6.07, 6.45) is 1.67. The van der Waals surface area contributed by atoms with Crippen molar-refractivity contribution >= 4 is 62.6 Å². The predicted molar refractivity (Wildman–Crippen MR) is 91.1 cm³/mol. The number of rotatable bonds is 2. The molecule has 3 rings (SSSR count). The summed E-state index contributed by atoms with van der Waals surface area (Å²) >= 11 is 17.2. The third-order valence-electron chi connectivity index (χ3n) is 3.07. The van der Waals surface area contributed by atoms with Crippen molar-refractivity contribution in [2.75, 3.05) is 10.7 Å². The zero-order valence-corrected chi connectivity index (χ0v) is 14.5. The molecule has 108 valence electrons. The van der Waals surface area contributed by atoms with Crippen LogP contribution >= 0.6 is 50.9 Å². The fraction of sp³-hybridized carbons (Fsp3) is 0.143. The largest absolute Gasteiger partial charge is 0.279 e. The van der Waals surface area contributed by atoms with Crippen LogP contribution in [0.4, 0.5) is 5.82 Å². The summed E-state index contributed by atoms with van der Waals surface area (Å²) in [5, 5.41) is 0.753. The molecule has 0 bridgehead atoms. The second-order valence-electron chi connectivity index (χ2n) is 4.40. The highest BCUT2D eigenvalue weighted by atomic mass is 79.9. The summed E-state index contributed by atoms with van der Waals surface area (Å²) in [4.78, 5) is 18.2. The number of hydrogen-bond acceptors (Lipinski definition) is 3. The zero-order valence-electron chi connectivity index (χ0n) is 10.6. The Morgan fingerprint density at radius 1 is 1.29 bits per heavy atom. The fourth-order valence-electron chi connectivity index (χ4n) is 2.12. The van der Waals surface area contributed by atoms with Gasteiger partial charge in [0.25, 0.3) is 0 Å². The average Bonchev–Trinajstić information content (AvgIpc) is 2.85. The summed E-state index contributed by atoms with van der Waals surface area (Å²) in [6, 6.07) is 9.11. The van der Waals surface area contributed by atoms with Gasteiger partial charge in [-0.1, -0.05) is 35.3 Å². The van der Waals surface area contributed by atoms with Crippen molar-refractivity contribution in [2.45, 2.75) is 5.37 Å². The van der Waals surface area contributed by atoms with Crippen LogP contribution in [0.5, 0.6) is 0 Å². The molecular weight excluding hydrogens is 395 g/mol. The Morgan fingerprint density at radius 2 is 2.10 bits per heavy atom. The predicted octanol–water partition coefficient (Wildman–Crippen LogP) is 4.93. The van der Waals surface area contributed by atoms with Crippen LogP contribution in [0.3, 0.4) is 0 Å². The number of benzene rings is 1. The molecule has 1 atom stereocenters. The summed E-state index contributed by atoms with van der Waals surface area (Å²) in [6.45, 7) is 0. The molecule has 21 heavy (non-hydrogen) atoms. The van der Waals surface area contributed by atoms with Crippen molar-refractivity contribution in [3.05, 3.63) is 56.6 Å². The van der Waals surface area contributed by atoms with Crippen LogP contribution in [0.25, 0.3) is 0 Å². The number of carbonyl (C=O) groups is 1. The molecule has 2 aromatic rings. The molecule has 0 spiro atoms. The van der Waals surface area contributed by atoms with E-state index in [1.165, 1.54) is 11.8 Å². The van der Waals surface area contributed by atoms with Crippen LogP contribution < -0.4 is 4.90 Å². The first-order valence-electron chi connectivity index (χ1n) is 6.07. The van der Waals surface area contributed by atoms with Crippen molar-refractivity contribution in [1.29, 1.82) is 0 Å². The lowest BCUT2D eigenvalue weighted by Crippen LogP contribution is -2.28. The number of carbonyl (C=O) groups excluding carboxylic acids is 1. The maximum absolute atomic E-state index is 12.2. The van der Waals surface area contributed by atoms with Gasteiger partial charge in [0.05, 0.1) is 15.8 Å². The molecule has 0 radical (unpaired) electrons. The van der Waals surface area contributed by atoms with Crippen molar-refractivity contribution in [3.8, 4) is 0 Å². The summed E-state index contributed by atoms with van der Waals surface area (Å²) in [5.74, 6) is 1.01. The zero-order chi connectivity index (χ0) is 15.0. The van der Waals surface area contributed by atoms with Crippen LogP contribution in [0.1, 0.15) is 10.9 Å². The molecule has 7 heteroatoms. The molecule has 1 aliphatic rings. The van der Waals surface area contributed by atoms with Gasteiger partial charge < -0.3 is 0 Å². The van der Waals surface area contributed by atoms with Gasteiger partial charge >= 0.3 is 0 Å². The monoisotopic (exact) mass is 402 g/mol. The number of nitrogens with zero attached hydrogens (tertiary/aromatic N) is 2. The molecule has 1 amide bonds. The molecule has 1 aromatic heterocycles. The lowest BCUT2D eigenvalue weighted by atomic mass is 10.2. The third kappa shape index (κ3) is 2.93. The quantitative estimate of drug-likeness (QED) is 0.712. The summed E-state index contributed by atoms with van der Waals surface area (Å²) in [7, 11) is 0. The Hall–Kier alpha value is -0.750. The molecule has 3 nitrogen and oxygen atoms in total. The summed E-state index contributed by atoms with van der Waals surface area (Å²) < 4.78 is 0.864. The average molecular weight is 404 g/mol. The smallest absolute Gasteiger partial charge is 0.239 e. The van der Waals surface area contributed by atoms with Crippen molar-refractivity contribution in [1.82, 2.24) is 4.98 Å². The minimum Gasteiger partial charge on any atom is -0.279 e. The molecule has 1 fully saturated rings. The topological polar surface area (TPSA) is 33.2 Å². The second kappa shape index (κ2) is 6.16. The van der Waals surface area contributed by atoms with Gasteiger partial charge in [-0.3, -0.25) is 9.69 Å². The SMILES string of the molecule is O=C1CSC(c2cccc(Cl)c2Cl)N1c1ccc(Br)cn1. The number of aromatic nitrogens is 1. The van der Waals surface area contributed by atoms with E-state index in [4.69, 9.17) is 23.2 Å². The number of amides is 1. The van der Waals surface area contributed by atoms with Gasteiger partial charge in [0.1, 0.15) is 11.2 Å². The third-order valence-corrected chi connectivity index (χ3v) is 5.57.